The number of ether oxygens (including phenoxy) is 1. The van der Waals surface area contributed by atoms with E-state index in [1.54, 1.807) is 18.2 Å². The maximum absolute atomic E-state index is 13.5. The fourth-order valence-electron chi connectivity index (χ4n) is 1.59. The Morgan fingerprint density at radius 3 is 2.56 bits per heavy atom. The number of methoxy groups -OCH3 is 1. The standard InChI is InChI=1S/C13H11ClFNO2/c1-18-11-4-2-8(6-10(11)15)13(17)9-3-5-12(14)16-7-9/h2-7,13,17H,1H3. The summed E-state index contributed by atoms with van der Waals surface area (Å²) in [5, 5.41) is 10.4. The maximum Gasteiger partial charge on any atom is 0.165 e. The molecule has 1 aromatic heterocycles. The van der Waals surface area contributed by atoms with Crippen LogP contribution in [0.4, 0.5) is 4.39 Å². The smallest absolute Gasteiger partial charge is 0.165 e. The number of nitrogens with zero attached hydrogens (tertiary/aromatic N) is 1. The van der Waals surface area contributed by atoms with Gasteiger partial charge in [-0.25, -0.2) is 9.37 Å². The van der Waals surface area contributed by atoms with Crippen LogP contribution in [0.3, 0.4) is 0 Å². The van der Waals surface area contributed by atoms with Crippen molar-refractivity contribution in [2.45, 2.75) is 6.10 Å². The van der Waals surface area contributed by atoms with Crippen molar-refractivity contribution in [3.8, 4) is 5.75 Å². The van der Waals surface area contributed by atoms with Gasteiger partial charge in [0.15, 0.2) is 11.6 Å². The van der Waals surface area contributed by atoms with Gasteiger partial charge in [-0.3, -0.25) is 0 Å². The van der Waals surface area contributed by atoms with E-state index in [1.807, 2.05) is 0 Å². The van der Waals surface area contributed by atoms with E-state index in [-0.39, 0.29) is 5.75 Å². The van der Waals surface area contributed by atoms with Crippen molar-refractivity contribution in [1.29, 1.82) is 0 Å². The fraction of sp³-hybridized carbons (Fsp3) is 0.154. The van der Waals surface area contributed by atoms with Gasteiger partial charge in [0.1, 0.15) is 11.3 Å². The summed E-state index contributed by atoms with van der Waals surface area (Å²) in [6, 6.07) is 7.51. The molecule has 1 aromatic carbocycles. The van der Waals surface area contributed by atoms with Crippen molar-refractivity contribution in [3.63, 3.8) is 0 Å². The van der Waals surface area contributed by atoms with Gasteiger partial charge in [-0.1, -0.05) is 23.7 Å². The molecule has 0 amide bonds. The van der Waals surface area contributed by atoms with E-state index in [0.29, 0.717) is 16.3 Å². The van der Waals surface area contributed by atoms with Crippen LogP contribution in [-0.2, 0) is 0 Å². The van der Waals surface area contributed by atoms with Crippen LogP contribution in [0.15, 0.2) is 36.5 Å². The van der Waals surface area contributed by atoms with Crippen LogP contribution in [0.25, 0.3) is 0 Å². The average Bonchev–Trinajstić information content (AvgIpc) is 2.38. The summed E-state index contributed by atoms with van der Waals surface area (Å²) in [5.74, 6) is -0.379. The van der Waals surface area contributed by atoms with Crippen molar-refractivity contribution in [3.05, 3.63) is 58.6 Å². The molecule has 2 aromatic rings. The molecule has 1 heterocycles. The lowest BCUT2D eigenvalue weighted by atomic mass is 10.0. The van der Waals surface area contributed by atoms with Gasteiger partial charge in [0.2, 0.25) is 0 Å². The van der Waals surface area contributed by atoms with Crippen molar-refractivity contribution < 1.29 is 14.2 Å². The van der Waals surface area contributed by atoms with Gasteiger partial charge in [-0.05, 0) is 23.8 Å². The largest absolute Gasteiger partial charge is 0.494 e. The number of aliphatic hydroxyl groups is 1. The minimum Gasteiger partial charge on any atom is -0.494 e. The summed E-state index contributed by atoms with van der Waals surface area (Å²) in [6.45, 7) is 0. The molecule has 94 valence electrons. The van der Waals surface area contributed by atoms with Gasteiger partial charge in [-0.15, -0.1) is 0 Å². The van der Waals surface area contributed by atoms with Crippen LogP contribution in [0, 0.1) is 5.82 Å². The van der Waals surface area contributed by atoms with Crippen LogP contribution in [0.1, 0.15) is 17.2 Å². The third-order valence-electron chi connectivity index (χ3n) is 2.56. The van der Waals surface area contributed by atoms with Crippen molar-refractivity contribution in [1.82, 2.24) is 4.98 Å². The first-order valence-corrected chi connectivity index (χ1v) is 5.62. The van der Waals surface area contributed by atoms with E-state index in [4.69, 9.17) is 16.3 Å². The van der Waals surface area contributed by atoms with Gasteiger partial charge in [-0.2, -0.15) is 0 Å². The number of hydrogen-bond donors (Lipinski definition) is 1. The Balaban J connectivity index is 2.31. The summed E-state index contributed by atoms with van der Waals surface area (Å²) in [4.78, 5) is 3.87. The number of aromatic nitrogens is 1. The van der Waals surface area contributed by atoms with Gasteiger partial charge in [0.25, 0.3) is 0 Å². The molecule has 0 aliphatic carbocycles. The third-order valence-corrected chi connectivity index (χ3v) is 2.78. The molecule has 0 fully saturated rings. The summed E-state index contributed by atoms with van der Waals surface area (Å²) in [6.07, 6.45) is 0.505. The molecule has 5 heteroatoms. The lowest BCUT2D eigenvalue weighted by molar-refractivity contribution is 0.219. The Morgan fingerprint density at radius 1 is 1.28 bits per heavy atom. The number of pyridine rings is 1. The number of aliphatic hydroxyl groups excluding tert-OH is 1. The zero-order valence-corrected chi connectivity index (χ0v) is 10.4. The summed E-state index contributed by atoms with van der Waals surface area (Å²) < 4.78 is 18.3. The van der Waals surface area contributed by atoms with Crippen LogP contribution in [0.5, 0.6) is 5.75 Å². The normalized spacial score (nSPS) is 12.2. The Kier molecular flexibility index (Phi) is 3.79. The first kappa shape index (κ1) is 12.8. The first-order valence-electron chi connectivity index (χ1n) is 5.25. The molecule has 0 aliphatic heterocycles. The topological polar surface area (TPSA) is 42.4 Å². The van der Waals surface area contributed by atoms with E-state index >= 15 is 0 Å². The lowest BCUT2D eigenvalue weighted by Gasteiger charge is -2.12. The highest BCUT2D eigenvalue weighted by molar-refractivity contribution is 6.29. The van der Waals surface area contributed by atoms with E-state index in [2.05, 4.69) is 4.98 Å². The zero-order valence-electron chi connectivity index (χ0n) is 9.60. The van der Waals surface area contributed by atoms with Crippen molar-refractivity contribution in [2.75, 3.05) is 7.11 Å². The molecule has 3 nitrogen and oxygen atoms in total. The Hall–Kier alpha value is -1.65. The van der Waals surface area contributed by atoms with E-state index in [0.717, 1.165) is 0 Å². The first-order chi connectivity index (χ1) is 8.61. The highest BCUT2D eigenvalue weighted by atomic mass is 35.5. The molecule has 0 spiro atoms. The molecule has 0 bridgehead atoms. The van der Waals surface area contributed by atoms with Gasteiger partial charge >= 0.3 is 0 Å². The molecule has 0 saturated carbocycles. The SMILES string of the molecule is COc1ccc(C(O)c2ccc(Cl)nc2)cc1F. The Labute approximate surface area is 109 Å². The number of rotatable bonds is 3. The Bertz CT molecular complexity index is 545. The number of halogens is 2. The van der Waals surface area contributed by atoms with Gasteiger partial charge < -0.3 is 9.84 Å². The number of hydrogen-bond acceptors (Lipinski definition) is 3. The molecule has 1 atom stereocenters. The highest BCUT2D eigenvalue weighted by Crippen LogP contribution is 2.26. The quantitative estimate of drug-likeness (QED) is 0.870. The molecule has 0 saturated heterocycles. The molecule has 2 rings (SSSR count). The molecule has 0 aliphatic rings. The van der Waals surface area contributed by atoms with Crippen LogP contribution >= 0.6 is 11.6 Å². The predicted molar refractivity (Wildman–Crippen MR) is 66.3 cm³/mol. The predicted octanol–water partition coefficient (Wildman–Crippen LogP) is 2.96. The second kappa shape index (κ2) is 5.33. The Morgan fingerprint density at radius 2 is 2.00 bits per heavy atom. The van der Waals surface area contributed by atoms with E-state index in [1.165, 1.54) is 25.4 Å². The second-order valence-corrected chi connectivity index (χ2v) is 4.10. The van der Waals surface area contributed by atoms with E-state index in [9.17, 15) is 9.50 Å². The minimum atomic E-state index is -0.949. The van der Waals surface area contributed by atoms with Crippen LogP contribution in [0.2, 0.25) is 5.15 Å². The van der Waals surface area contributed by atoms with Crippen LogP contribution < -0.4 is 4.74 Å². The van der Waals surface area contributed by atoms with Crippen LogP contribution in [-0.4, -0.2) is 17.2 Å². The second-order valence-electron chi connectivity index (χ2n) is 3.71. The lowest BCUT2D eigenvalue weighted by Crippen LogP contribution is -2.01. The molecular formula is C13H11ClFNO2. The molecule has 1 N–H and O–H groups in total. The summed E-state index contributed by atoms with van der Waals surface area (Å²) >= 11 is 5.66. The summed E-state index contributed by atoms with van der Waals surface area (Å²) in [7, 11) is 1.39. The highest BCUT2D eigenvalue weighted by Gasteiger charge is 2.13. The third kappa shape index (κ3) is 2.60. The fourth-order valence-corrected chi connectivity index (χ4v) is 1.71. The van der Waals surface area contributed by atoms with Crippen molar-refractivity contribution >= 4 is 11.6 Å². The minimum absolute atomic E-state index is 0.139. The molecule has 1 unspecified atom stereocenters. The molecular weight excluding hydrogens is 257 g/mol. The van der Waals surface area contributed by atoms with Crippen molar-refractivity contribution in [2.24, 2.45) is 0 Å². The van der Waals surface area contributed by atoms with Gasteiger partial charge in [0, 0.05) is 11.8 Å². The molecule has 18 heavy (non-hydrogen) atoms. The number of benzene rings is 1. The summed E-state index contributed by atoms with van der Waals surface area (Å²) in [5.41, 5.74) is 0.974. The van der Waals surface area contributed by atoms with Gasteiger partial charge in [0.05, 0.1) is 7.11 Å². The molecule has 0 radical (unpaired) electrons. The monoisotopic (exact) mass is 267 g/mol. The average molecular weight is 268 g/mol. The maximum atomic E-state index is 13.5. The van der Waals surface area contributed by atoms with E-state index < -0.39 is 11.9 Å². The zero-order chi connectivity index (χ0) is 13.1.